The van der Waals surface area contributed by atoms with E-state index in [1.807, 2.05) is 20.8 Å². The standard InChI is InChI=1S/C13H21N5O.C2H6/c1-4-6-18(7-5-8-19-3)13-11-9-14-17-12(11)15-10(2)16-13;1-2/h9H,4-8H2,1-3H3,(H,14,15,16,17);1-2H3. The molecule has 6 heteroatoms. The van der Waals surface area contributed by atoms with Crippen molar-refractivity contribution >= 4 is 16.9 Å². The van der Waals surface area contributed by atoms with Gasteiger partial charge in [-0.15, -0.1) is 0 Å². The van der Waals surface area contributed by atoms with Crippen LogP contribution in [-0.4, -0.2) is 47.0 Å². The van der Waals surface area contributed by atoms with Crippen LogP contribution in [0.15, 0.2) is 6.20 Å². The van der Waals surface area contributed by atoms with Crippen LogP contribution in [0.1, 0.15) is 39.4 Å². The molecule has 0 spiro atoms. The number of aromatic amines is 1. The molecule has 6 nitrogen and oxygen atoms in total. The molecule has 0 fully saturated rings. The predicted molar refractivity (Wildman–Crippen MR) is 86.8 cm³/mol. The molecule has 1 N–H and O–H groups in total. The minimum absolute atomic E-state index is 0.763. The highest BCUT2D eigenvalue weighted by Gasteiger charge is 2.14. The molecule has 0 saturated heterocycles. The second-order valence-electron chi connectivity index (χ2n) is 4.56. The van der Waals surface area contributed by atoms with Gasteiger partial charge in [0.05, 0.1) is 11.6 Å². The van der Waals surface area contributed by atoms with Crippen LogP contribution in [0.5, 0.6) is 0 Å². The molecule has 118 valence electrons. The monoisotopic (exact) mass is 293 g/mol. The highest BCUT2D eigenvalue weighted by atomic mass is 16.5. The van der Waals surface area contributed by atoms with Crippen molar-refractivity contribution in [1.29, 1.82) is 0 Å². The van der Waals surface area contributed by atoms with E-state index in [0.717, 1.165) is 55.2 Å². The summed E-state index contributed by atoms with van der Waals surface area (Å²) < 4.78 is 5.12. The van der Waals surface area contributed by atoms with E-state index in [1.165, 1.54) is 0 Å². The largest absolute Gasteiger partial charge is 0.385 e. The van der Waals surface area contributed by atoms with Crippen LogP contribution in [0, 0.1) is 6.92 Å². The lowest BCUT2D eigenvalue weighted by Gasteiger charge is -2.23. The quantitative estimate of drug-likeness (QED) is 0.795. The van der Waals surface area contributed by atoms with Gasteiger partial charge < -0.3 is 9.64 Å². The van der Waals surface area contributed by atoms with Crippen molar-refractivity contribution in [2.24, 2.45) is 0 Å². The Morgan fingerprint density at radius 2 is 2.00 bits per heavy atom. The van der Waals surface area contributed by atoms with Gasteiger partial charge in [0, 0.05) is 26.8 Å². The van der Waals surface area contributed by atoms with Gasteiger partial charge in [-0.2, -0.15) is 5.10 Å². The summed E-state index contributed by atoms with van der Waals surface area (Å²) in [5, 5.41) is 7.96. The second-order valence-corrected chi connectivity index (χ2v) is 4.56. The number of anilines is 1. The van der Waals surface area contributed by atoms with E-state index >= 15 is 0 Å². The summed E-state index contributed by atoms with van der Waals surface area (Å²) in [5.41, 5.74) is 0.801. The molecule has 2 aromatic heterocycles. The topological polar surface area (TPSA) is 66.9 Å². The minimum atomic E-state index is 0.763. The number of hydrogen-bond donors (Lipinski definition) is 1. The fraction of sp³-hybridized carbons (Fsp3) is 0.667. The predicted octanol–water partition coefficient (Wildman–Crippen LogP) is 2.94. The van der Waals surface area contributed by atoms with Crippen LogP contribution in [0.2, 0.25) is 0 Å². The van der Waals surface area contributed by atoms with Crippen molar-refractivity contribution in [1.82, 2.24) is 20.2 Å². The first kappa shape index (κ1) is 17.4. The zero-order valence-electron chi connectivity index (χ0n) is 13.8. The summed E-state index contributed by atoms with van der Waals surface area (Å²) in [6.07, 6.45) is 3.86. The average molecular weight is 293 g/mol. The third-order valence-electron chi connectivity index (χ3n) is 2.97. The zero-order valence-corrected chi connectivity index (χ0v) is 13.8. The van der Waals surface area contributed by atoms with Crippen LogP contribution >= 0.6 is 0 Å². The first-order chi connectivity index (χ1) is 10.3. The number of nitrogens with one attached hydrogen (secondary N) is 1. The van der Waals surface area contributed by atoms with Gasteiger partial charge in [0.2, 0.25) is 0 Å². The molecular formula is C15H27N5O. The minimum Gasteiger partial charge on any atom is -0.385 e. The molecule has 0 aromatic carbocycles. The van der Waals surface area contributed by atoms with Crippen LogP contribution in [0.3, 0.4) is 0 Å². The third-order valence-corrected chi connectivity index (χ3v) is 2.97. The number of ether oxygens (including phenoxy) is 1. The molecule has 0 unspecified atom stereocenters. The number of hydrogen-bond acceptors (Lipinski definition) is 5. The molecule has 0 aliphatic rings. The highest BCUT2D eigenvalue weighted by molar-refractivity contribution is 5.86. The molecule has 2 aromatic rings. The number of aryl methyl sites for hydroxylation is 1. The maximum absolute atomic E-state index is 5.12. The van der Waals surface area contributed by atoms with E-state index in [2.05, 4.69) is 32.0 Å². The number of methoxy groups -OCH3 is 1. The van der Waals surface area contributed by atoms with E-state index in [1.54, 1.807) is 13.3 Å². The summed E-state index contributed by atoms with van der Waals surface area (Å²) in [7, 11) is 1.73. The van der Waals surface area contributed by atoms with Crippen molar-refractivity contribution in [3.8, 4) is 0 Å². The number of fused-ring (bicyclic) bond motifs is 1. The normalized spacial score (nSPS) is 10.3. The first-order valence-corrected chi connectivity index (χ1v) is 7.68. The molecule has 2 rings (SSSR count). The van der Waals surface area contributed by atoms with Crippen LogP contribution in [-0.2, 0) is 4.74 Å². The lowest BCUT2D eigenvalue weighted by atomic mass is 10.3. The van der Waals surface area contributed by atoms with Gasteiger partial charge in [-0.25, -0.2) is 9.97 Å². The summed E-state index contributed by atoms with van der Waals surface area (Å²) in [6, 6.07) is 0. The summed E-state index contributed by atoms with van der Waals surface area (Å²) in [6.45, 7) is 10.7. The Morgan fingerprint density at radius 1 is 1.24 bits per heavy atom. The summed E-state index contributed by atoms with van der Waals surface area (Å²) in [4.78, 5) is 11.2. The van der Waals surface area contributed by atoms with Crippen molar-refractivity contribution < 1.29 is 4.74 Å². The third kappa shape index (κ3) is 4.67. The highest BCUT2D eigenvalue weighted by Crippen LogP contribution is 2.22. The number of rotatable bonds is 7. The molecule has 0 saturated carbocycles. The lowest BCUT2D eigenvalue weighted by molar-refractivity contribution is 0.196. The van der Waals surface area contributed by atoms with E-state index in [-0.39, 0.29) is 0 Å². The second kappa shape index (κ2) is 9.28. The Balaban J connectivity index is 0.00000106. The van der Waals surface area contributed by atoms with Crippen molar-refractivity contribution in [2.75, 3.05) is 31.7 Å². The molecule has 0 bridgehead atoms. The van der Waals surface area contributed by atoms with Gasteiger partial charge in [0.25, 0.3) is 0 Å². The smallest absolute Gasteiger partial charge is 0.161 e. The number of nitrogens with zero attached hydrogens (tertiary/aromatic N) is 4. The Kier molecular flexibility index (Phi) is 7.68. The molecule has 2 heterocycles. The van der Waals surface area contributed by atoms with E-state index in [4.69, 9.17) is 4.74 Å². The lowest BCUT2D eigenvalue weighted by Crippen LogP contribution is -2.27. The summed E-state index contributed by atoms with van der Waals surface area (Å²) >= 11 is 0. The Labute approximate surface area is 126 Å². The zero-order chi connectivity index (χ0) is 15.7. The molecular weight excluding hydrogens is 266 g/mol. The van der Waals surface area contributed by atoms with E-state index in [0.29, 0.717) is 0 Å². The number of H-pyrrole nitrogens is 1. The molecule has 0 aliphatic heterocycles. The van der Waals surface area contributed by atoms with Gasteiger partial charge in [-0.05, 0) is 19.8 Å². The van der Waals surface area contributed by atoms with Gasteiger partial charge in [0.15, 0.2) is 5.65 Å². The van der Waals surface area contributed by atoms with Gasteiger partial charge in [-0.3, -0.25) is 5.10 Å². The molecule has 0 radical (unpaired) electrons. The molecule has 0 atom stereocenters. The molecule has 0 aliphatic carbocycles. The van der Waals surface area contributed by atoms with E-state index < -0.39 is 0 Å². The first-order valence-electron chi connectivity index (χ1n) is 7.68. The van der Waals surface area contributed by atoms with Crippen LogP contribution < -0.4 is 4.90 Å². The Hall–Kier alpha value is -1.69. The van der Waals surface area contributed by atoms with Crippen molar-refractivity contribution in [3.63, 3.8) is 0 Å². The fourth-order valence-electron chi connectivity index (χ4n) is 2.16. The Bertz CT molecular complexity index is 526. The fourth-order valence-corrected chi connectivity index (χ4v) is 2.16. The number of aromatic nitrogens is 4. The van der Waals surface area contributed by atoms with Crippen LogP contribution in [0.25, 0.3) is 11.0 Å². The van der Waals surface area contributed by atoms with Crippen molar-refractivity contribution in [2.45, 2.75) is 40.5 Å². The SMILES string of the molecule is CC.CCCN(CCCOC)c1nc(C)nc2[nH]ncc12. The van der Waals surface area contributed by atoms with E-state index in [9.17, 15) is 0 Å². The maximum Gasteiger partial charge on any atom is 0.161 e. The average Bonchev–Trinajstić information content (AvgIpc) is 2.96. The summed E-state index contributed by atoms with van der Waals surface area (Å²) in [5.74, 6) is 1.73. The van der Waals surface area contributed by atoms with Gasteiger partial charge in [0.1, 0.15) is 11.6 Å². The maximum atomic E-state index is 5.12. The van der Waals surface area contributed by atoms with Crippen LogP contribution in [0.4, 0.5) is 5.82 Å². The molecule has 21 heavy (non-hydrogen) atoms. The molecule has 0 amide bonds. The van der Waals surface area contributed by atoms with Crippen molar-refractivity contribution in [3.05, 3.63) is 12.0 Å². The Morgan fingerprint density at radius 3 is 2.67 bits per heavy atom. The van der Waals surface area contributed by atoms with Gasteiger partial charge >= 0.3 is 0 Å². The van der Waals surface area contributed by atoms with Gasteiger partial charge in [-0.1, -0.05) is 20.8 Å².